The van der Waals surface area contributed by atoms with E-state index in [2.05, 4.69) is 4.98 Å². The van der Waals surface area contributed by atoms with Crippen molar-refractivity contribution in [2.75, 3.05) is 13.1 Å². The number of fused-ring (bicyclic) bond motifs is 1. The molecule has 0 radical (unpaired) electrons. The molecule has 150 valence electrons. The lowest BCUT2D eigenvalue weighted by Crippen LogP contribution is -2.51. The van der Waals surface area contributed by atoms with Gasteiger partial charge in [-0.1, -0.05) is 12.1 Å². The van der Waals surface area contributed by atoms with Crippen LogP contribution in [0, 0.1) is 0 Å². The minimum Gasteiger partial charge on any atom is -0.452 e. The molecule has 0 aliphatic carbocycles. The third kappa shape index (κ3) is 4.56. The highest BCUT2D eigenvalue weighted by molar-refractivity contribution is 5.83. The number of rotatable bonds is 5. The van der Waals surface area contributed by atoms with Gasteiger partial charge in [0.25, 0.3) is 11.5 Å². The van der Waals surface area contributed by atoms with Gasteiger partial charge in [-0.25, -0.2) is 4.98 Å². The standard InChI is InChI=1S/C20H25N3O5/c1-13-10-23(11-14(2)27-13)19(25)15(3)28-18(24)8-9-22-12-21-17-7-5-4-6-16(17)20(22)26/h4-7,12-15H,8-11H2,1-3H3. The maximum Gasteiger partial charge on any atom is 0.308 e. The van der Waals surface area contributed by atoms with Gasteiger partial charge >= 0.3 is 5.97 Å². The summed E-state index contributed by atoms with van der Waals surface area (Å²) in [7, 11) is 0. The van der Waals surface area contributed by atoms with Gasteiger partial charge in [-0.15, -0.1) is 0 Å². The van der Waals surface area contributed by atoms with Crippen molar-refractivity contribution < 1.29 is 19.1 Å². The van der Waals surface area contributed by atoms with Gasteiger partial charge in [-0.3, -0.25) is 19.0 Å². The summed E-state index contributed by atoms with van der Waals surface area (Å²) in [4.78, 5) is 43.0. The lowest BCUT2D eigenvalue weighted by atomic mass is 10.2. The second-order valence-electron chi connectivity index (χ2n) is 7.14. The average molecular weight is 387 g/mol. The number of hydrogen-bond donors (Lipinski definition) is 0. The number of morpholine rings is 1. The molecular formula is C20H25N3O5. The molecule has 0 saturated carbocycles. The first kappa shape index (κ1) is 20.0. The van der Waals surface area contributed by atoms with E-state index in [9.17, 15) is 14.4 Å². The number of para-hydroxylation sites is 1. The maximum absolute atomic E-state index is 12.5. The van der Waals surface area contributed by atoms with E-state index in [0.29, 0.717) is 24.0 Å². The van der Waals surface area contributed by atoms with Crippen molar-refractivity contribution in [2.24, 2.45) is 0 Å². The van der Waals surface area contributed by atoms with Gasteiger partial charge in [-0.2, -0.15) is 0 Å². The second kappa shape index (κ2) is 8.52. The lowest BCUT2D eigenvalue weighted by molar-refractivity contribution is -0.164. The smallest absolute Gasteiger partial charge is 0.308 e. The molecular weight excluding hydrogens is 362 g/mol. The van der Waals surface area contributed by atoms with E-state index in [1.54, 1.807) is 30.0 Å². The number of benzene rings is 1. The quantitative estimate of drug-likeness (QED) is 0.720. The summed E-state index contributed by atoms with van der Waals surface area (Å²) in [5.74, 6) is -0.768. The minimum absolute atomic E-state index is 0.0204. The van der Waals surface area contributed by atoms with Crippen LogP contribution in [0.4, 0.5) is 0 Å². The monoisotopic (exact) mass is 387 g/mol. The van der Waals surface area contributed by atoms with Crippen LogP contribution in [-0.2, 0) is 25.6 Å². The molecule has 1 fully saturated rings. The van der Waals surface area contributed by atoms with Gasteiger partial charge in [0.2, 0.25) is 0 Å². The molecule has 0 N–H and O–H groups in total. The lowest BCUT2D eigenvalue weighted by Gasteiger charge is -2.36. The van der Waals surface area contributed by atoms with E-state index in [1.165, 1.54) is 10.9 Å². The Morgan fingerprint density at radius 2 is 1.93 bits per heavy atom. The van der Waals surface area contributed by atoms with E-state index in [4.69, 9.17) is 9.47 Å². The molecule has 1 aliphatic rings. The summed E-state index contributed by atoms with van der Waals surface area (Å²) in [6.07, 6.45) is 0.415. The average Bonchev–Trinajstić information content (AvgIpc) is 2.66. The molecule has 1 aromatic heterocycles. The van der Waals surface area contributed by atoms with Crippen molar-refractivity contribution in [3.8, 4) is 0 Å². The van der Waals surface area contributed by atoms with Gasteiger partial charge in [0.15, 0.2) is 6.10 Å². The number of esters is 1. The Morgan fingerprint density at radius 3 is 2.64 bits per heavy atom. The Bertz CT molecular complexity index is 915. The highest BCUT2D eigenvalue weighted by atomic mass is 16.5. The molecule has 28 heavy (non-hydrogen) atoms. The number of aromatic nitrogens is 2. The van der Waals surface area contributed by atoms with Gasteiger partial charge in [0.1, 0.15) is 0 Å². The topological polar surface area (TPSA) is 90.7 Å². The summed E-state index contributed by atoms with van der Waals surface area (Å²) in [5.41, 5.74) is 0.401. The van der Waals surface area contributed by atoms with E-state index in [-0.39, 0.29) is 36.6 Å². The first-order valence-electron chi connectivity index (χ1n) is 9.43. The fraction of sp³-hybridized carbons (Fsp3) is 0.500. The molecule has 0 spiro atoms. The van der Waals surface area contributed by atoms with Crippen molar-refractivity contribution in [1.82, 2.24) is 14.5 Å². The number of aryl methyl sites for hydroxylation is 1. The van der Waals surface area contributed by atoms with Crippen LogP contribution in [0.2, 0.25) is 0 Å². The molecule has 3 unspecified atom stereocenters. The summed E-state index contributed by atoms with van der Waals surface area (Å²) in [6, 6.07) is 7.04. The van der Waals surface area contributed by atoms with E-state index < -0.39 is 12.1 Å². The summed E-state index contributed by atoms with van der Waals surface area (Å²) in [6.45, 7) is 6.47. The number of ether oxygens (including phenoxy) is 2. The van der Waals surface area contributed by atoms with Crippen LogP contribution in [0.3, 0.4) is 0 Å². The Labute approximate surface area is 163 Å². The van der Waals surface area contributed by atoms with Crippen LogP contribution < -0.4 is 5.56 Å². The molecule has 1 amide bonds. The maximum atomic E-state index is 12.5. The van der Waals surface area contributed by atoms with E-state index in [0.717, 1.165) is 0 Å². The predicted octanol–water partition coefficient (Wildman–Crippen LogP) is 1.35. The Balaban J connectivity index is 1.56. The molecule has 3 rings (SSSR count). The van der Waals surface area contributed by atoms with Crippen LogP contribution in [0.15, 0.2) is 35.4 Å². The molecule has 2 aromatic rings. The van der Waals surface area contributed by atoms with Crippen LogP contribution in [0.5, 0.6) is 0 Å². The van der Waals surface area contributed by atoms with Crippen LogP contribution in [0.25, 0.3) is 10.9 Å². The Morgan fingerprint density at radius 1 is 1.25 bits per heavy atom. The number of carbonyl (C=O) groups is 2. The first-order chi connectivity index (χ1) is 13.3. The van der Waals surface area contributed by atoms with Gasteiger partial charge in [0, 0.05) is 19.6 Å². The number of nitrogens with zero attached hydrogens (tertiary/aromatic N) is 3. The Kier molecular flexibility index (Phi) is 6.08. The van der Waals surface area contributed by atoms with Crippen LogP contribution in [-0.4, -0.2) is 57.7 Å². The van der Waals surface area contributed by atoms with Crippen molar-refractivity contribution in [3.05, 3.63) is 40.9 Å². The number of amides is 1. The molecule has 8 heteroatoms. The van der Waals surface area contributed by atoms with Crippen LogP contribution >= 0.6 is 0 Å². The zero-order valence-electron chi connectivity index (χ0n) is 16.3. The second-order valence-corrected chi connectivity index (χ2v) is 7.14. The van der Waals surface area contributed by atoms with Gasteiger partial charge < -0.3 is 14.4 Å². The molecule has 3 atom stereocenters. The first-order valence-corrected chi connectivity index (χ1v) is 9.43. The molecule has 1 aromatic carbocycles. The normalized spacial score (nSPS) is 20.8. The zero-order chi connectivity index (χ0) is 20.3. The Hall–Kier alpha value is -2.74. The van der Waals surface area contributed by atoms with Crippen LogP contribution in [0.1, 0.15) is 27.2 Å². The SMILES string of the molecule is CC1CN(C(=O)C(C)OC(=O)CCn2cnc3ccccc3c2=O)CC(C)O1. The number of carbonyl (C=O) groups excluding carboxylic acids is 2. The van der Waals surface area contributed by atoms with Crippen molar-refractivity contribution >= 4 is 22.8 Å². The predicted molar refractivity (Wildman–Crippen MR) is 103 cm³/mol. The highest BCUT2D eigenvalue weighted by Gasteiger charge is 2.30. The fourth-order valence-electron chi connectivity index (χ4n) is 3.40. The van der Waals surface area contributed by atoms with Gasteiger partial charge in [-0.05, 0) is 32.9 Å². The molecule has 2 heterocycles. The zero-order valence-corrected chi connectivity index (χ0v) is 16.3. The van der Waals surface area contributed by atoms with E-state index >= 15 is 0 Å². The van der Waals surface area contributed by atoms with Crippen molar-refractivity contribution in [3.63, 3.8) is 0 Å². The van der Waals surface area contributed by atoms with E-state index in [1.807, 2.05) is 19.9 Å². The largest absolute Gasteiger partial charge is 0.452 e. The fourth-order valence-corrected chi connectivity index (χ4v) is 3.40. The summed E-state index contributed by atoms with van der Waals surface area (Å²) in [5, 5.41) is 0.498. The third-order valence-corrected chi connectivity index (χ3v) is 4.68. The summed E-state index contributed by atoms with van der Waals surface area (Å²) >= 11 is 0. The number of hydrogen-bond acceptors (Lipinski definition) is 6. The molecule has 1 saturated heterocycles. The molecule has 8 nitrogen and oxygen atoms in total. The molecule has 1 aliphatic heterocycles. The third-order valence-electron chi connectivity index (χ3n) is 4.68. The van der Waals surface area contributed by atoms with Crippen molar-refractivity contribution in [2.45, 2.75) is 52.0 Å². The highest BCUT2D eigenvalue weighted by Crippen LogP contribution is 2.13. The summed E-state index contributed by atoms with van der Waals surface area (Å²) < 4.78 is 12.3. The molecule has 0 bridgehead atoms. The van der Waals surface area contributed by atoms with Gasteiger partial charge in [0.05, 0.1) is 35.9 Å². The minimum atomic E-state index is -0.878. The van der Waals surface area contributed by atoms with Crippen molar-refractivity contribution in [1.29, 1.82) is 0 Å².